The van der Waals surface area contributed by atoms with Crippen LogP contribution in [0.4, 0.5) is 4.39 Å². The minimum atomic E-state index is -0.338. The van der Waals surface area contributed by atoms with Crippen LogP contribution in [-0.4, -0.2) is 45.4 Å². The Morgan fingerprint density at radius 2 is 2.12 bits per heavy atom. The monoisotopic (exact) mass is 358 g/mol. The van der Waals surface area contributed by atoms with Crippen molar-refractivity contribution in [3.05, 3.63) is 59.9 Å². The number of hydrogen-bond donors (Lipinski definition) is 1. The third-order valence-corrected chi connectivity index (χ3v) is 3.68. The van der Waals surface area contributed by atoms with Crippen LogP contribution in [0.15, 0.2) is 42.9 Å². The maximum Gasteiger partial charge on any atom is 0.126 e. The Hall–Kier alpha value is -2.84. The second-order valence-corrected chi connectivity index (χ2v) is 5.61. The van der Waals surface area contributed by atoms with Crippen LogP contribution in [0.1, 0.15) is 11.3 Å². The molecule has 8 heteroatoms. The Morgan fingerprint density at radius 1 is 1.23 bits per heavy atom. The van der Waals surface area contributed by atoms with E-state index in [4.69, 9.17) is 14.6 Å². The molecule has 0 bridgehead atoms. The second-order valence-electron chi connectivity index (χ2n) is 5.61. The predicted octanol–water partition coefficient (Wildman–Crippen LogP) is 2.04. The lowest BCUT2D eigenvalue weighted by molar-refractivity contribution is 0.0796. The summed E-state index contributed by atoms with van der Waals surface area (Å²) in [4.78, 5) is 4.24. The standard InChI is InChI=1S/C18H19FN4O3/c1-25-18-3-2-15(19)7-17(18)14-6-13(8-20-9-14)10-23-11-16(21-22-23)12-26-5-4-24/h2-3,6-9,11,24H,4-5,10,12H2,1H3. The van der Waals surface area contributed by atoms with Gasteiger partial charge < -0.3 is 14.6 Å². The van der Waals surface area contributed by atoms with Crippen LogP contribution in [0.5, 0.6) is 5.75 Å². The van der Waals surface area contributed by atoms with Gasteiger partial charge in [-0.1, -0.05) is 5.21 Å². The first-order valence-corrected chi connectivity index (χ1v) is 8.05. The summed E-state index contributed by atoms with van der Waals surface area (Å²) >= 11 is 0. The minimum Gasteiger partial charge on any atom is -0.496 e. The van der Waals surface area contributed by atoms with Crippen molar-refractivity contribution < 1.29 is 19.0 Å². The first kappa shape index (κ1) is 18.0. The molecule has 136 valence electrons. The SMILES string of the molecule is COc1ccc(F)cc1-c1cncc(Cn2cc(COCCO)nn2)c1. The molecule has 3 rings (SSSR count). The van der Waals surface area contributed by atoms with E-state index in [1.165, 1.54) is 12.1 Å². The van der Waals surface area contributed by atoms with E-state index in [9.17, 15) is 4.39 Å². The lowest BCUT2D eigenvalue weighted by Gasteiger charge is -2.10. The van der Waals surface area contributed by atoms with Crippen molar-refractivity contribution in [1.29, 1.82) is 0 Å². The lowest BCUT2D eigenvalue weighted by Crippen LogP contribution is -2.01. The summed E-state index contributed by atoms with van der Waals surface area (Å²) in [5.74, 6) is 0.240. The molecule has 0 fully saturated rings. The normalized spacial score (nSPS) is 10.9. The van der Waals surface area contributed by atoms with Gasteiger partial charge in [0.2, 0.25) is 0 Å². The number of halogens is 1. The number of pyridine rings is 1. The second kappa shape index (κ2) is 8.50. The number of rotatable bonds is 8. The minimum absolute atomic E-state index is 0.0316. The van der Waals surface area contributed by atoms with E-state index in [2.05, 4.69) is 15.3 Å². The molecule has 0 saturated heterocycles. The molecule has 0 amide bonds. The Labute approximate surface area is 150 Å². The molecule has 26 heavy (non-hydrogen) atoms. The van der Waals surface area contributed by atoms with E-state index in [1.807, 2.05) is 6.07 Å². The van der Waals surface area contributed by atoms with Crippen LogP contribution in [0, 0.1) is 5.82 Å². The van der Waals surface area contributed by atoms with Gasteiger partial charge in [0, 0.05) is 23.5 Å². The van der Waals surface area contributed by atoms with Crippen molar-refractivity contribution >= 4 is 0 Å². The van der Waals surface area contributed by atoms with Gasteiger partial charge in [0.05, 0.1) is 39.7 Å². The smallest absolute Gasteiger partial charge is 0.126 e. The third-order valence-electron chi connectivity index (χ3n) is 3.68. The molecule has 0 aliphatic carbocycles. The third kappa shape index (κ3) is 4.41. The number of aliphatic hydroxyl groups excluding tert-OH is 1. The van der Waals surface area contributed by atoms with E-state index in [0.717, 1.165) is 11.1 Å². The Bertz CT molecular complexity index is 869. The largest absolute Gasteiger partial charge is 0.496 e. The van der Waals surface area contributed by atoms with Gasteiger partial charge in [0.25, 0.3) is 0 Å². The highest BCUT2D eigenvalue weighted by molar-refractivity contribution is 5.70. The molecular weight excluding hydrogens is 339 g/mol. The molecule has 1 aromatic carbocycles. The zero-order chi connectivity index (χ0) is 18.4. The van der Waals surface area contributed by atoms with Crippen LogP contribution in [0.3, 0.4) is 0 Å². The van der Waals surface area contributed by atoms with E-state index in [-0.39, 0.29) is 19.0 Å². The van der Waals surface area contributed by atoms with Crippen molar-refractivity contribution in [3.63, 3.8) is 0 Å². The average Bonchev–Trinajstić information content (AvgIpc) is 3.09. The molecular formula is C18H19FN4O3. The molecule has 0 radical (unpaired) electrons. The van der Waals surface area contributed by atoms with Gasteiger partial charge in [0.1, 0.15) is 17.3 Å². The first-order valence-electron chi connectivity index (χ1n) is 8.05. The maximum absolute atomic E-state index is 13.6. The summed E-state index contributed by atoms with van der Waals surface area (Å²) in [6.45, 7) is 0.981. The number of aromatic nitrogens is 4. The van der Waals surface area contributed by atoms with Crippen LogP contribution >= 0.6 is 0 Å². The fourth-order valence-corrected chi connectivity index (χ4v) is 2.54. The molecule has 0 saturated carbocycles. The van der Waals surface area contributed by atoms with Gasteiger partial charge >= 0.3 is 0 Å². The number of ether oxygens (including phenoxy) is 2. The Morgan fingerprint density at radius 3 is 2.92 bits per heavy atom. The Kier molecular flexibility index (Phi) is 5.88. The van der Waals surface area contributed by atoms with Gasteiger partial charge in [0.15, 0.2) is 0 Å². The average molecular weight is 358 g/mol. The number of nitrogens with zero attached hydrogens (tertiary/aromatic N) is 4. The highest BCUT2D eigenvalue weighted by Gasteiger charge is 2.09. The molecule has 2 heterocycles. The molecule has 0 aliphatic rings. The van der Waals surface area contributed by atoms with Crippen molar-refractivity contribution in [2.75, 3.05) is 20.3 Å². The summed E-state index contributed by atoms with van der Waals surface area (Å²) in [5, 5.41) is 16.8. The summed E-state index contributed by atoms with van der Waals surface area (Å²) in [5.41, 5.74) is 2.96. The molecule has 3 aromatic rings. The van der Waals surface area contributed by atoms with Crippen molar-refractivity contribution in [2.45, 2.75) is 13.2 Å². The van der Waals surface area contributed by atoms with Crippen LogP contribution in [-0.2, 0) is 17.9 Å². The van der Waals surface area contributed by atoms with E-state index >= 15 is 0 Å². The maximum atomic E-state index is 13.6. The number of aliphatic hydroxyl groups is 1. The van der Waals surface area contributed by atoms with E-state index in [0.29, 0.717) is 30.2 Å². The predicted molar refractivity (Wildman–Crippen MR) is 92.0 cm³/mol. The molecule has 2 aromatic heterocycles. The van der Waals surface area contributed by atoms with Crippen LogP contribution in [0.25, 0.3) is 11.1 Å². The van der Waals surface area contributed by atoms with E-state index < -0.39 is 0 Å². The zero-order valence-corrected chi connectivity index (χ0v) is 14.3. The van der Waals surface area contributed by atoms with Gasteiger partial charge in [-0.15, -0.1) is 5.10 Å². The van der Waals surface area contributed by atoms with Gasteiger partial charge in [-0.3, -0.25) is 4.98 Å². The highest BCUT2D eigenvalue weighted by Crippen LogP contribution is 2.30. The summed E-state index contributed by atoms with van der Waals surface area (Å²) in [7, 11) is 1.55. The quantitative estimate of drug-likeness (QED) is 0.621. The summed E-state index contributed by atoms with van der Waals surface area (Å²) < 4.78 is 25.8. The van der Waals surface area contributed by atoms with Gasteiger partial charge in [-0.2, -0.15) is 0 Å². The first-order chi connectivity index (χ1) is 12.7. The molecule has 0 spiro atoms. The van der Waals surface area contributed by atoms with Crippen molar-refractivity contribution in [2.24, 2.45) is 0 Å². The molecule has 7 nitrogen and oxygen atoms in total. The number of methoxy groups -OCH3 is 1. The highest BCUT2D eigenvalue weighted by atomic mass is 19.1. The van der Waals surface area contributed by atoms with Crippen LogP contribution in [0.2, 0.25) is 0 Å². The Balaban J connectivity index is 1.77. The fraction of sp³-hybridized carbons (Fsp3) is 0.278. The van der Waals surface area contributed by atoms with Crippen LogP contribution < -0.4 is 4.74 Å². The molecule has 0 atom stereocenters. The van der Waals surface area contributed by atoms with Gasteiger partial charge in [-0.05, 0) is 29.8 Å². The van der Waals surface area contributed by atoms with Crippen molar-refractivity contribution in [1.82, 2.24) is 20.0 Å². The number of benzene rings is 1. The number of hydrogen-bond acceptors (Lipinski definition) is 6. The molecule has 0 aliphatic heterocycles. The van der Waals surface area contributed by atoms with Gasteiger partial charge in [-0.25, -0.2) is 9.07 Å². The summed E-state index contributed by atoms with van der Waals surface area (Å²) in [6.07, 6.45) is 5.15. The van der Waals surface area contributed by atoms with E-state index in [1.54, 1.807) is 36.4 Å². The topological polar surface area (TPSA) is 82.3 Å². The molecule has 0 unspecified atom stereocenters. The fourth-order valence-electron chi connectivity index (χ4n) is 2.54. The lowest BCUT2D eigenvalue weighted by atomic mass is 10.0. The zero-order valence-electron chi connectivity index (χ0n) is 14.3. The molecule has 1 N–H and O–H groups in total. The van der Waals surface area contributed by atoms with Crippen molar-refractivity contribution in [3.8, 4) is 16.9 Å². The summed E-state index contributed by atoms with van der Waals surface area (Å²) in [6, 6.07) is 6.28.